The Morgan fingerprint density at radius 2 is 2.00 bits per heavy atom. The SMILES string of the molecule is CC(C)(O)CC[NH]. The molecule has 0 saturated carbocycles. The first-order valence-corrected chi connectivity index (χ1v) is 2.43. The van der Waals surface area contributed by atoms with Crippen LogP contribution < -0.4 is 5.73 Å². The fourth-order valence-corrected chi connectivity index (χ4v) is 0.306. The van der Waals surface area contributed by atoms with Gasteiger partial charge < -0.3 is 5.11 Å². The molecular weight excluding hydrogens is 90.1 g/mol. The van der Waals surface area contributed by atoms with Crippen LogP contribution in [0.15, 0.2) is 0 Å². The molecule has 7 heavy (non-hydrogen) atoms. The second-order valence-electron chi connectivity index (χ2n) is 2.31. The molecule has 43 valence electrons. The molecule has 0 aliphatic heterocycles. The summed E-state index contributed by atoms with van der Waals surface area (Å²) in [5, 5.41) is 8.90. The zero-order chi connectivity index (χ0) is 5.91. The predicted molar refractivity (Wildman–Crippen MR) is 28.9 cm³/mol. The Kier molecular flexibility index (Phi) is 2.26. The van der Waals surface area contributed by atoms with Gasteiger partial charge in [0, 0.05) is 6.54 Å². The summed E-state index contributed by atoms with van der Waals surface area (Å²) < 4.78 is 0. The molecule has 0 aliphatic rings. The highest BCUT2D eigenvalue weighted by Crippen LogP contribution is 2.03. The van der Waals surface area contributed by atoms with Crippen LogP contribution in [-0.2, 0) is 0 Å². The van der Waals surface area contributed by atoms with Gasteiger partial charge in [-0.25, -0.2) is 0 Å². The van der Waals surface area contributed by atoms with Crippen LogP contribution in [0.2, 0.25) is 0 Å². The number of aliphatic hydroxyl groups is 1. The summed E-state index contributed by atoms with van der Waals surface area (Å²) in [5.41, 5.74) is 6.06. The number of hydrogen-bond donors (Lipinski definition) is 1. The maximum absolute atomic E-state index is 8.90. The van der Waals surface area contributed by atoms with Crippen molar-refractivity contribution >= 4 is 0 Å². The van der Waals surface area contributed by atoms with E-state index in [1.807, 2.05) is 0 Å². The first kappa shape index (κ1) is 6.92. The minimum atomic E-state index is -0.637. The molecule has 0 bridgehead atoms. The van der Waals surface area contributed by atoms with Gasteiger partial charge in [-0.3, -0.25) is 5.73 Å². The minimum Gasteiger partial charge on any atom is -0.390 e. The van der Waals surface area contributed by atoms with Crippen molar-refractivity contribution in [1.82, 2.24) is 5.73 Å². The Morgan fingerprint density at radius 1 is 1.57 bits per heavy atom. The van der Waals surface area contributed by atoms with Crippen LogP contribution in [0.1, 0.15) is 20.3 Å². The second kappa shape index (κ2) is 2.28. The van der Waals surface area contributed by atoms with Gasteiger partial charge in [0.15, 0.2) is 0 Å². The molecule has 0 atom stereocenters. The second-order valence-corrected chi connectivity index (χ2v) is 2.31. The largest absolute Gasteiger partial charge is 0.390 e. The zero-order valence-corrected chi connectivity index (χ0v) is 4.86. The molecule has 0 heterocycles. The van der Waals surface area contributed by atoms with Gasteiger partial charge in [0.2, 0.25) is 0 Å². The molecule has 1 radical (unpaired) electrons. The van der Waals surface area contributed by atoms with Crippen molar-refractivity contribution in [2.45, 2.75) is 25.9 Å². The lowest BCUT2D eigenvalue weighted by Crippen LogP contribution is -2.20. The molecule has 0 fully saturated rings. The highest BCUT2D eigenvalue weighted by atomic mass is 16.3. The van der Waals surface area contributed by atoms with E-state index in [1.165, 1.54) is 0 Å². The fourth-order valence-electron chi connectivity index (χ4n) is 0.306. The summed E-state index contributed by atoms with van der Waals surface area (Å²) in [6, 6.07) is 0. The van der Waals surface area contributed by atoms with Crippen molar-refractivity contribution in [2.75, 3.05) is 6.54 Å². The van der Waals surface area contributed by atoms with E-state index in [0.717, 1.165) is 0 Å². The third-order valence-corrected chi connectivity index (χ3v) is 0.737. The van der Waals surface area contributed by atoms with E-state index in [-0.39, 0.29) is 0 Å². The van der Waals surface area contributed by atoms with Crippen LogP contribution in [0.3, 0.4) is 0 Å². The van der Waals surface area contributed by atoms with E-state index in [0.29, 0.717) is 13.0 Å². The van der Waals surface area contributed by atoms with Gasteiger partial charge in [-0.05, 0) is 20.3 Å². The summed E-state index contributed by atoms with van der Waals surface area (Å²) in [6.07, 6.45) is 0.562. The first-order valence-electron chi connectivity index (χ1n) is 2.43. The number of nitrogens with one attached hydrogen (secondary N) is 1. The molecule has 0 spiro atoms. The van der Waals surface area contributed by atoms with E-state index < -0.39 is 5.60 Å². The molecule has 0 rings (SSSR count). The monoisotopic (exact) mass is 102 g/mol. The normalized spacial score (nSPS) is 12.0. The summed E-state index contributed by atoms with van der Waals surface area (Å²) in [7, 11) is 0. The smallest absolute Gasteiger partial charge is 0.0604 e. The Bertz CT molecular complexity index is 46.5. The molecule has 2 nitrogen and oxygen atoms in total. The molecule has 0 amide bonds. The standard InChI is InChI=1S/C5H12NO/c1-5(2,7)3-4-6/h6-7H,3-4H2,1-2H3. The van der Waals surface area contributed by atoms with Crippen LogP contribution in [0, 0.1) is 0 Å². The Balaban J connectivity index is 3.15. The van der Waals surface area contributed by atoms with E-state index in [2.05, 4.69) is 0 Å². The van der Waals surface area contributed by atoms with Crippen LogP contribution in [0.25, 0.3) is 0 Å². The van der Waals surface area contributed by atoms with Crippen molar-refractivity contribution in [2.24, 2.45) is 0 Å². The summed E-state index contributed by atoms with van der Waals surface area (Å²) in [5.74, 6) is 0. The third-order valence-electron chi connectivity index (χ3n) is 0.737. The van der Waals surface area contributed by atoms with Gasteiger partial charge in [-0.1, -0.05) is 0 Å². The van der Waals surface area contributed by atoms with Gasteiger partial charge >= 0.3 is 0 Å². The summed E-state index contributed by atoms with van der Waals surface area (Å²) >= 11 is 0. The van der Waals surface area contributed by atoms with Gasteiger partial charge in [0.25, 0.3) is 0 Å². The average Bonchev–Trinajstić information content (AvgIpc) is 1.30. The quantitative estimate of drug-likeness (QED) is 0.540. The van der Waals surface area contributed by atoms with Crippen molar-refractivity contribution in [3.05, 3.63) is 0 Å². The molecule has 0 saturated heterocycles. The van der Waals surface area contributed by atoms with Gasteiger partial charge in [0.1, 0.15) is 0 Å². The van der Waals surface area contributed by atoms with Crippen LogP contribution in [-0.4, -0.2) is 17.3 Å². The van der Waals surface area contributed by atoms with Crippen molar-refractivity contribution in [3.63, 3.8) is 0 Å². The Morgan fingerprint density at radius 3 is 2.00 bits per heavy atom. The van der Waals surface area contributed by atoms with Crippen molar-refractivity contribution < 1.29 is 5.11 Å². The van der Waals surface area contributed by atoms with E-state index >= 15 is 0 Å². The van der Waals surface area contributed by atoms with Crippen molar-refractivity contribution in [3.8, 4) is 0 Å². The maximum Gasteiger partial charge on any atom is 0.0604 e. The highest BCUT2D eigenvalue weighted by Gasteiger charge is 2.09. The molecule has 0 aliphatic carbocycles. The Labute approximate surface area is 44.3 Å². The fraction of sp³-hybridized carbons (Fsp3) is 1.00. The van der Waals surface area contributed by atoms with Gasteiger partial charge in [-0.2, -0.15) is 0 Å². The molecule has 0 aromatic carbocycles. The van der Waals surface area contributed by atoms with E-state index in [9.17, 15) is 0 Å². The highest BCUT2D eigenvalue weighted by molar-refractivity contribution is 4.63. The van der Waals surface area contributed by atoms with Crippen LogP contribution >= 0.6 is 0 Å². The Hall–Kier alpha value is -0.0800. The average molecular weight is 102 g/mol. The lowest BCUT2D eigenvalue weighted by molar-refractivity contribution is 0.0733. The summed E-state index contributed by atoms with van der Waals surface area (Å²) in [4.78, 5) is 0. The molecular formula is C5H12NO. The lowest BCUT2D eigenvalue weighted by Gasteiger charge is -2.13. The van der Waals surface area contributed by atoms with Gasteiger partial charge in [0.05, 0.1) is 5.60 Å². The lowest BCUT2D eigenvalue weighted by atomic mass is 10.1. The van der Waals surface area contributed by atoms with Gasteiger partial charge in [-0.15, -0.1) is 0 Å². The first-order chi connectivity index (χ1) is 3.06. The molecule has 0 unspecified atom stereocenters. The molecule has 2 heteroatoms. The predicted octanol–water partition coefficient (Wildman–Crippen LogP) is 0.430. The molecule has 0 aromatic rings. The zero-order valence-electron chi connectivity index (χ0n) is 4.86. The topological polar surface area (TPSA) is 44.0 Å². The maximum atomic E-state index is 8.90. The van der Waals surface area contributed by atoms with Crippen molar-refractivity contribution in [1.29, 1.82) is 0 Å². The number of hydrogen-bond acceptors (Lipinski definition) is 1. The minimum absolute atomic E-state index is 0.309. The van der Waals surface area contributed by atoms with E-state index in [1.54, 1.807) is 13.8 Å². The summed E-state index contributed by atoms with van der Waals surface area (Å²) in [6.45, 7) is 3.73. The molecule has 2 N–H and O–H groups in total. The van der Waals surface area contributed by atoms with Crippen LogP contribution in [0.5, 0.6) is 0 Å². The third kappa shape index (κ3) is 5.92. The van der Waals surface area contributed by atoms with Crippen LogP contribution in [0.4, 0.5) is 0 Å². The van der Waals surface area contributed by atoms with E-state index in [4.69, 9.17) is 10.8 Å². The number of rotatable bonds is 2. The molecule has 0 aromatic heterocycles.